The molecule has 0 N–H and O–H groups in total. The van der Waals surface area contributed by atoms with Crippen molar-refractivity contribution < 1.29 is 13.2 Å². The average molecular weight is 436 g/mol. The highest BCUT2D eigenvalue weighted by atomic mass is 35.5. The SMILES string of the molecule is Cc1ccc(C(=O)c2cnc3ccc(C)cc3c2S(=O)(=O)c2ccc(Cl)cc2)cc1. The van der Waals surface area contributed by atoms with Gasteiger partial charge in [0.2, 0.25) is 9.84 Å². The Labute approximate surface area is 180 Å². The van der Waals surface area contributed by atoms with Crippen LogP contribution in [0.15, 0.2) is 82.7 Å². The van der Waals surface area contributed by atoms with Crippen molar-refractivity contribution in [1.82, 2.24) is 4.98 Å². The van der Waals surface area contributed by atoms with Crippen molar-refractivity contribution in [3.05, 3.63) is 100 Å². The molecule has 0 amide bonds. The number of halogens is 1. The first-order valence-corrected chi connectivity index (χ1v) is 11.1. The number of hydrogen-bond donors (Lipinski definition) is 0. The van der Waals surface area contributed by atoms with E-state index >= 15 is 0 Å². The minimum atomic E-state index is -4.01. The van der Waals surface area contributed by atoms with E-state index in [1.54, 1.807) is 24.3 Å². The van der Waals surface area contributed by atoms with Crippen LogP contribution < -0.4 is 0 Å². The number of hydrogen-bond acceptors (Lipinski definition) is 4. The van der Waals surface area contributed by atoms with Gasteiger partial charge in [-0.1, -0.05) is 53.1 Å². The van der Waals surface area contributed by atoms with E-state index in [0.29, 0.717) is 21.5 Å². The Bertz CT molecular complexity index is 1380. The molecule has 3 aromatic carbocycles. The molecular formula is C24H18ClNO3S. The quantitative estimate of drug-likeness (QED) is 0.393. The molecule has 0 unspecified atom stereocenters. The zero-order chi connectivity index (χ0) is 21.5. The number of pyridine rings is 1. The van der Waals surface area contributed by atoms with Crippen LogP contribution in [0, 0.1) is 13.8 Å². The van der Waals surface area contributed by atoms with Gasteiger partial charge in [-0.25, -0.2) is 8.42 Å². The molecule has 0 saturated heterocycles. The van der Waals surface area contributed by atoms with Crippen molar-refractivity contribution in [2.45, 2.75) is 23.6 Å². The van der Waals surface area contributed by atoms with Gasteiger partial charge in [0.05, 0.1) is 20.9 Å². The lowest BCUT2D eigenvalue weighted by molar-refractivity contribution is 0.103. The molecule has 150 valence electrons. The number of sulfone groups is 1. The van der Waals surface area contributed by atoms with E-state index in [4.69, 9.17) is 11.6 Å². The highest BCUT2D eigenvalue weighted by Crippen LogP contribution is 2.33. The number of fused-ring (bicyclic) bond motifs is 1. The van der Waals surface area contributed by atoms with Crippen LogP contribution in [0.3, 0.4) is 0 Å². The Morgan fingerprint density at radius 1 is 0.867 bits per heavy atom. The summed E-state index contributed by atoms with van der Waals surface area (Å²) in [4.78, 5) is 17.7. The predicted molar refractivity (Wildman–Crippen MR) is 118 cm³/mol. The number of carbonyl (C=O) groups excluding carboxylic acids is 1. The second-order valence-electron chi connectivity index (χ2n) is 7.17. The minimum absolute atomic E-state index is 0.0379. The smallest absolute Gasteiger partial charge is 0.208 e. The first-order valence-electron chi connectivity index (χ1n) is 9.29. The number of nitrogens with zero attached hydrogens (tertiary/aromatic N) is 1. The minimum Gasteiger partial charge on any atom is -0.289 e. The molecule has 1 heterocycles. The molecular weight excluding hydrogens is 418 g/mol. The van der Waals surface area contributed by atoms with Crippen LogP contribution in [0.25, 0.3) is 10.9 Å². The molecule has 0 fully saturated rings. The van der Waals surface area contributed by atoms with E-state index in [9.17, 15) is 13.2 Å². The van der Waals surface area contributed by atoms with Gasteiger partial charge in [-0.2, -0.15) is 0 Å². The highest BCUT2D eigenvalue weighted by Gasteiger charge is 2.28. The summed E-state index contributed by atoms with van der Waals surface area (Å²) in [7, 11) is -4.01. The van der Waals surface area contributed by atoms with Crippen molar-refractivity contribution in [1.29, 1.82) is 0 Å². The van der Waals surface area contributed by atoms with Crippen molar-refractivity contribution in [2.24, 2.45) is 0 Å². The topological polar surface area (TPSA) is 64.1 Å². The average Bonchev–Trinajstić information content (AvgIpc) is 2.73. The van der Waals surface area contributed by atoms with Crippen molar-refractivity contribution in [2.75, 3.05) is 0 Å². The number of ketones is 1. The second-order valence-corrected chi connectivity index (χ2v) is 9.50. The molecule has 4 rings (SSSR count). The third-order valence-electron chi connectivity index (χ3n) is 4.93. The normalized spacial score (nSPS) is 11.6. The Hall–Kier alpha value is -3.02. The van der Waals surface area contributed by atoms with E-state index in [1.165, 1.54) is 30.5 Å². The lowest BCUT2D eigenvalue weighted by Gasteiger charge is -2.14. The van der Waals surface area contributed by atoms with Crippen LogP contribution in [0.1, 0.15) is 27.0 Å². The van der Waals surface area contributed by atoms with Gasteiger partial charge >= 0.3 is 0 Å². The molecule has 1 aromatic heterocycles. The zero-order valence-corrected chi connectivity index (χ0v) is 18.0. The van der Waals surface area contributed by atoms with Crippen LogP contribution in [0.5, 0.6) is 0 Å². The van der Waals surface area contributed by atoms with E-state index in [-0.39, 0.29) is 15.4 Å². The van der Waals surface area contributed by atoms with Crippen LogP contribution in [0.2, 0.25) is 5.02 Å². The Morgan fingerprint density at radius 2 is 1.50 bits per heavy atom. The molecule has 4 aromatic rings. The van der Waals surface area contributed by atoms with Crippen LogP contribution in [-0.4, -0.2) is 19.2 Å². The molecule has 0 saturated carbocycles. The number of rotatable bonds is 4. The monoisotopic (exact) mass is 435 g/mol. The summed E-state index contributed by atoms with van der Waals surface area (Å²) in [5.41, 5.74) is 2.84. The number of aryl methyl sites for hydroxylation is 2. The molecule has 0 aliphatic heterocycles. The molecule has 30 heavy (non-hydrogen) atoms. The maximum Gasteiger partial charge on any atom is 0.208 e. The van der Waals surface area contributed by atoms with E-state index in [0.717, 1.165) is 11.1 Å². The molecule has 4 nitrogen and oxygen atoms in total. The summed E-state index contributed by atoms with van der Waals surface area (Å²) in [5, 5.41) is 0.850. The van der Waals surface area contributed by atoms with Crippen molar-refractivity contribution in [3.8, 4) is 0 Å². The lowest BCUT2D eigenvalue weighted by atomic mass is 10.0. The Balaban J connectivity index is 2.03. The number of aromatic nitrogens is 1. The largest absolute Gasteiger partial charge is 0.289 e. The molecule has 6 heteroatoms. The van der Waals surface area contributed by atoms with E-state index in [2.05, 4.69) is 4.98 Å². The summed E-state index contributed by atoms with van der Waals surface area (Å²) in [6.45, 7) is 3.79. The summed E-state index contributed by atoms with van der Waals surface area (Å²) >= 11 is 5.94. The van der Waals surface area contributed by atoms with Gasteiger partial charge in [0.1, 0.15) is 0 Å². The first kappa shape index (κ1) is 20.3. The summed E-state index contributed by atoms with van der Waals surface area (Å²) in [6.07, 6.45) is 1.35. The fraction of sp³-hybridized carbons (Fsp3) is 0.0833. The lowest BCUT2D eigenvalue weighted by Crippen LogP contribution is -2.13. The summed E-state index contributed by atoms with van der Waals surface area (Å²) in [5.74, 6) is -0.390. The van der Waals surface area contributed by atoms with Gasteiger partial charge in [0, 0.05) is 22.2 Å². The standard InChI is InChI=1S/C24H18ClNO3S/c1-15-3-6-17(7-4-15)23(27)21-14-26-22-12-5-16(2)13-20(22)24(21)30(28,29)19-10-8-18(25)9-11-19/h3-14H,1-2H3. The molecule has 0 aliphatic rings. The molecule has 0 aliphatic carbocycles. The second kappa shape index (κ2) is 7.67. The fourth-order valence-corrected chi connectivity index (χ4v) is 5.07. The molecule has 0 bridgehead atoms. The van der Waals surface area contributed by atoms with E-state index < -0.39 is 15.6 Å². The van der Waals surface area contributed by atoms with E-state index in [1.807, 2.05) is 32.0 Å². The number of benzene rings is 3. The molecule has 0 radical (unpaired) electrons. The maximum absolute atomic E-state index is 13.7. The highest BCUT2D eigenvalue weighted by molar-refractivity contribution is 7.91. The van der Waals surface area contributed by atoms with Crippen molar-refractivity contribution in [3.63, 3.8) is 0 Å². The van der Waals surface area contributed by atoms with Gasteiger partial charge in [-0.3, -0.25) is 9.78 Å². The predicted octanol–water partition coefficient (Wildman–Crippen LogP) is 5.57. The van der Waals surface area contributed by atoms with Gasteiger partial charge in [0.25, 0.3) is 0 Å². The van der Waals surface area contributed by atoms with Crippen molar-refractivity contribution >= 4 is 38.1 Å². The van der Waals surface area contributed by atoms with Gasteiger partial charge in [-0.05, 0) is 50.2 Å². The van der Waals surface area contributed by atoms with Crippen LogP contribution in [-0.2, 0) is 9.84 Å². The number of carbonyl (C=O) groups is 1. The Kier molecular flexibility index (Phi) is 5.18. The first-order chi connectivity index (χ1) is 14.3. The Morgan fingerprint density at radius 3 is 2.17 bits per heavy atom. The summed E-state index contributed by atoms with van der Waals surface area (Å²) in [6, 6.07) is 18.3. The van der Waals surface area contributed by atoms with Crippen LogP contribution >= 0.6 is 11.6 Å². The maximum atomic E-state index is 13.7. The van der Waals surface area contributed by atoms with Gasteiger partial charge in [0.15, 0.2) is 5.78 Å². The molecule has 0 atom stereocenters. The third kappa shape index (κ3) is 3.62. The van der Waals surface area contributed by atoms with Gasteiger partial charge < -0.3 is 0 Å². The zero-order valence-electron chi connectivity index (χ0n) is 16.4. The third-order valence-corrected chi connectivity index (χ3v) is 7.05. The molecule has 0 spiro atoms. The fourth-order valence-electron chi connectivity index (χ4n) is 3.33. The summed E-state index contributed by atoms with van der Waals surface area (Å²) < 4.78 is 27.3. The van der Waals surface area contributed by atoms with Crippen LogP contribution in [0.4, 0.5) is 0 Å². The van der Waals surface area contributed by atoms with Gasteiger partial charge in [-0.15, -0.1) is 0 Å².